The van der Waals surface area contributed by atoms with Gasteiger partial charge in [0.2, 0.25) is 0 Å². The fraction of sp³-hybridized carbons (Fsp3) is 0.444. The lowest BCUT2D eigenvalue weighted by Gasteiger charge is -2.26. The molecule has 3 heterocycles. The maximum Gasteiger partial charge on any atom is 0.261 e. The molecule has 0 aliphatic carbocycles. The number of anilines is 1. The highest BCUT2D eigenvalue weighted by molar-refractivity contribution is 5.77. The van der Waals surface area contributed by atoms with Crippen molar-refractivity contribution in [3.8, 4) is 5.75 Å². The van der Waals surface area contributed by atoms with E-state index in [2.05, 4.69) is 30.9 Å². The first-order chi connectivity index (χ1) is 16.0. The molecule has 176 valence electrons. The van der Waals surface area contributed by atoms with Gasteiger partial charge >= 0.3 is 0 Å². The van der Waals surface area contributed by atoms with Crippen molar-refractivity contribution in [3.63, 3.8) is 0 Å². The zero-order valence-corrected chi connectivity index (χ0v) is 19.9. The minimum absolute atomic E-state index is 0.0381. The smallest absolute Gasteiger partial charge is 0.261 e. The van der Waals surface area contributed by atoms with Gasteiger partial charge in [0, 0.05) is 19.2 Å². The number of benzene rings is 1. The van der Waals surface area contributed by atoms with Gasteiger partial charge in [0.1, 0.15) is 17.3 Å². The molecule has 6 heteroatoms. The summed E-state index contributed by atoms with van der Waals surface area (Å²) >= 11 is 0. The van der Waals surface area contributed by atoms with Gasteiger partial charge in [-0.3, -0.25) is 4.79 Å². The molecule has 1 aromatic carbocycles. The molecule has 1 aliphatic heterocycles. The number of carbonyl (C=O) groups excluding carboxylic acids is 1. The van der Waals surface area contributed by atoms with E-state index in [0.717, 1.165) is 47.4 Å². The molecule has 4 rings (SSSR count). The Labute approximate surface area is 196 Å². The molecule has 3 aromatic rings. The summed E-state index contributed by atoms with van der Waals surface area (Å²) in [5, 5.41) is 0. The quantitative estimate of drug-likeness (QED) is 0.406. The largest absolute Gasteiger partial charge is 0.483 e. The maximum absolute atomic E-state index is 13.2. The van der Waals surface area contributed by atoms with Crippen molar-refractivity contribution in [1.29, 1.82) is 0 Å². The van der Waals surface area contributed by atoms with E-state index in [9.17, 15) is 4.79 Å². The van der Waals surface area contributed by atoms with Crippen LogP contribution in [0.4, 0.5) is 5.88 Å². The zero-order valence-electron chi connectivity index (χ0n) is 19.9. The highest BCUT2D eigenvalue weighted by Crippen LogP contribution is 2.28. The third kappa shape index (κ3) is 6.01. The minimum atomic E-state index is -0.112. The molecule has 0 radical (unpaired) electrons. The molecule has 1 saturated heterocycles. The van der Waals surface area contributed by atoms with Crippen molar-refractivity contribution in [2.45, 2.75) is 59.0 Å². The highest BCUT2D eigenvalue weighted by atomic mass is 16.5. The normalized spacial score (nSPS) is 14.0. The van der Waals surface area contributed by atoms with Gasteiger partial charge in [0.05, 0.1) is 19.4 Å². The molecule has 0 spiro atoms. The summed E-state index contributed by atoms with van der Waals surface area (Å²) < 4.78 is 17.6. The molecule has 1 amide bonds. The molecular formula is C27H34N2O4. The fourth-order valence-electron chi connectivity index (χ4n) is 4.22. The lowest BCUT2D eigenvalue weighted by Crippen LogP contribution is -2.34. The van der Waals surface area contributed by atoms with E-state index in [-0.39, 0.29) is 12.5 Å². The molecule has 2 aromatic heterocycles. The van der Waals surface area contributed by atoms with E-state index in [1.807, 2.05) is 37.3 Å². The maximum atomic E-state index is 13.2. The predicted molar refractivity (Wildman–Crippen MR) is 128 cm³/mol. The van der Waals surface area contributed by atoms with Crippen LogP contribution >= 0.6 is 0 Å². The monoisotopic (exact) mass is 450 g/mol. The summed E-state index contributed by atoms with van der Waals surface area (Å²) in [7, 11) is 0. The molecule has 0 saturated carbocycles. The second-order valence-corrected chi connectivity index (χ2v) is 9.10. The van der Waals surface area contributed by atoms with Gasteiger partial charge in [-0.2, -0.15) is 0 Å². The van der Waals surface area contributed by atoms with Crippen molar-refractivity contribution in [2.24, 2.45) is 0 Å². The number of hydrogen-bond donors (Lipinski definition) is 0. The Morgan fingerprint density at radius 1 is 1.06 bits per heavy atom. The lowest BCUT2D eigenvalue weighted by atomic mass is 10.0. The predicted octanol–water partition coefficient (Wildman–Crippen LogP) is 5.90. The average Bonchev–Trinajstić information content (AvgIpc) is 3.50. The van der Waals surface area contributed by atoms with E-state index >= 15 is 0 Å². The van der Waals surface area contributed by atoms with Crippen LogP contribution in [0.2, 0.25) is 0 Å². The Balaban J connectivity index is 1.46. The Morgan fingerprint density at radius 3 is 2.58 bits per heavy atom. The second kappa shape index (κ2) is 10.6. The van der Waals surface area contributed by atoms with Crippen molar-refractivity contribution < 1.29 is 18.4 Å². The summed E-state index contributed by atoms with van der Waals surface area (Å²) in [6, 6.07) is 13.8. The zero-order chi connectivity index (χ0) is 23.2. The Bertz CT molecular complexity index is 1030. The Hall–Kier alpha value is -3.15. The molecule has 0 atom stereocenters. The van der Waals surface area contributed by atoms with Gasteiger partial charge in [-0.1, -0.05) is 26.0 Å². The lowest BCUT2D eigenvalue weighted by molar-refractivity contribution is -0.135. The average molecular weight is 451 g/mol. The topological polar surface area (TPSA) is 59.1 Å². The highest BCUT2D eigenvalue weighted by Gasteiger charge is 2.21. The van der Waals surface area contributed by atoms with Crippen LogP contribution in [0.3, 0.4) is 0 Å². The number of ether oxygens (including phenoxy) is 1. The first-order valence-corrected chi connectivity index (χ1v) is 11.9. The molecule has 0 unspecified atom stereocenters. The molecular weight excluding hydrogens is 416 g/mol. The van der Waals surface area contributed by atoms with Gasteiger partial charge in [0.25, 0.3) is 5.91 Å². The van der Waals surface area contributed by atoms with E-state index in [0.29, 0.717) is 19.0 Å². The van der Waals surface area contributed by atoms with Crippen LogP contribution in [0, 0.1) is 6.92 Å². The first-order valence-electron chi connectivity index (χ1n) is 11.9. The van der Waals surface area contributed by atoms with E-state index in [4.69, 9.17) is 13.6 Å². The molecule has 1 fully saturated rings. The van der Waals surface area contributed by atoms with Crippen LogP contribution in [0.25, 0.3) is 0 Å². The SMILES string of the molecule is Cc1ccc(C(C)C)c(OCC(=O)N(Cc2ccco2)Cc2ccc(N3CCCCC3)o2)c1. The third-order valence-electron chi connectivity index (χ3n) is 6.08. The van der Waals surface area contributed by atoms with Gasteiger partial charge in [-0.15, -0.1) is 0 Å². The van der Waals surface area contributed by atoms with Crippen molar-refractivity contribution in [3.05, 3.63) is 71.4 Å². The van der Waals surface area contributed by atoms with E-state index in [1.165, 1.54) is 19.3 Å². The summed E-state index contributed by atoms with van der Waals surface area (Å²) in [5.41, 5.74) is 2.21. The van der Waals surface area contributed by atoms with Crippen molar-refractivity contribution in [1.82, 2.24) is 4.90 Å². The number of amides is 1. The van der Waals surface area contributed by atoms with Crippen molar-refractivity contribution in [2.75, 3.05) is 24.6 Å². The van der Waals surface area contributed by atoms with Crippen molar-refractivity contribution >= 4 is 11.8 Å². The van der Waals surface area contributed by atoms with Gasteiger partial charge in [0.15, 0.2) is 12.5 Å². The van der Waals surface area contributed by atoms with Crippen LogP contribution < -0.4 is 9.64 Å². The number of piperidine rings is 1. The van der Waals surface area contributed by atoms with Crippen LogP contribution in [0.1, 0.15) is 61.7 Å². The Morgan fingerprint density at radius 2 is 1.85 bits per heavy atom. The molecule has 0 N–H and O–H groups in total. The first kappa shape index (κ1) is 23.0. The summed E-state index contributed by atoms with van der Waals surface area (Å²) in [6.07, 6.45) is 5.27. The minimum Gasteiger partial charge on any atom is -0.483 e. The number of nitrogens with zero attached hydrogens (tertiary/aromatic N) is 2. The number of hydrogen-bond acceptors (Lipinski definition) is 5. The summed E-state index contributed by atoms with van der Waals surface area (Å²) in [6.45, 7) is 9.00. The van der Waals surface area contributed by atoms with Gasteiger partial charge in [-0.05, 0) is 67.5 Å². The molecule has 1 aliphatic rings. The van der Waals surface area contributed by atoms with E-state index in [1.54, 1.807) is 11.2 Å². The molecule has 0 bridgehead atoms. The van der Waals surface area contributed by atoms with Crippen LogP contribution in [0.5, 0.6) is 5.75 Å². The molecule has 33 heavy (non-hydrogen) atoms. The van der Waals surface area contributed by atoms with Crippen LogP contribution in [-0.4, -0.2) is 30.5 Å². The fourth-order valence-corrected chi connectivity index (χ4v) is 4.22. The number of furan rings is 2. The summed E-state index contributed by atoms with van der Waals surface area (Å²) in [5.74, 6) is 3.33. The standard InChI is InChI=1S/C27H34N2O4/c1-20(2)24-11-9-21(3)16-25(24)32-19-26(30)29(17-22-8-7-15-31-22)18-23-10-12-27(33-23)28-13-5-4-6-14-28/h7-12,15-16,20H,4-6,13-14,17-19H2,1-3H3. The Kier molecular flexibility index (Phi) is 7.43. The number of carbonyl (C=O) groups is 1. The molecule has 6 nitrogen and oxygen atoms in total. The second-order valence-electron chi connectivity index (χ2n) is 9.10. The number of aryl methyl sites for hydroxylation is 1. The van der Waals surface area contributed by atoms with Crippen LogP contribution in [0.15, 0.2) is 57.6 Å². The third-order valence-corrected chi connectivity index (χ3v) is 6.08. The van der Waals surface area contributed by atoms with Gasteiger partial charge in [-0.25, -0.2) is 0 Å². The van der Waals surface area contributed by atoms with Gasteiger partial charge < -0.3 is 23.4 Å². The summed E-state index contributed by atoms with van der Waals surface area (Å²) in [4.78, 5) is 17.2. The number of rotatable bonds is 9. The van der Waals surface area contributed by atoms with E-state index < -0.39 is 0 Å². The van der Waals surface area contributed by atoms with Crippen LogP contribution in [-0.2, 0) is 17.9 Å².